The van der Waals surface area contributed by atoms with E-state index in [1.807, 2.05) is 18.2 Å². The van der Waals surface area contributed by atoms with E-state index in [0.717, 1.165) is 11.1 Å². The third-order valence-corrected chi connectivity index (χ3v) is 5.98. The highest BCUT2D eigenvalue weighted by Crippen LogP contribution is 2.23. The minimum Gasteiger partial charge on any atom is -0.468 e. The second-order valence-corrected chi connectivity index (χ2v) is 8.38. The Hall–Kier alpha value is -2.44. The van der Waals surface area contributed by atoms with Gasteiger partial charge in [-0.1, -0.05) is 32.0 Å². The zero-order chi connectivity index (χ0) is 18.6. The van der Waals surface area contributed by atoms with E-state index >= 15 is 0 Å². The average molecular weight is 370 g/mol. The van der Waals surface area contributed by atoms with Crippen LogP contribution in [0, 0.1) is 0 Å². The lowest BCUT2D eigenvalue weighted by atomic mass is 10.0. The molecule has 3 rings (SSSR count). The van der Waals surface area contributed by atoms with E-state index in [4.69, 9.17) is 4.42 Å². The minimum atomic E-state index is -3.67. The second-order valence-electron chi connectivity index (χ2n) is 6.44. The maximum absolute atomic E-state index is 13.2. The first-order valence-corrected chi connectivity index (χ1v) is 9.92. The Morgan fingerprint density at radius 2 is 1.81 bits per heavy atom. The van der Waals surface area contributed by atoms with Crippen molar-refractivity contribution in [2.24, 2.45) is 0 Å². The summed E-state index contributed by atoms with van der Waals surface area (Å²) < 4.78 is 33.2. The highest BCUT2D eigenvalue weighted by molar-refractivity contribution is 7.89. The first-order valence-electron chi connectivity index (χ1n) is 8.48. The zero-order valence-electron chi connectivity index (χ0n) is 14.9. The van der Waals surface area contributed by atoms with Crippen molar-refractivity contribution < 1.29 is 12.8 Å². The SMILES string of the molecule is CC(C)c1ccc(S(=O)(=O)N(Cc2cccnc2)Cc2ccco2)cc1. The Labute approximate surface area is 154 Å². The van der Waals surface area contributed by atoms with Gasteiger partial charge in [0.05, 0.1) is 17.7 Å². The fraction of sp³-hybridized carbons (Fsp3) is 0.250. The molecule has 0 unspecified atom stereocenters. The molecule has 0 bridgehead atoms. The normalized spacial score (nSPS) is 12.0. The lowest BCUT2D eigenvalue weighted by molar-refractivity contribution is 0.358. The molecule has 1 aromatic carbocycles. The Bertz CT molecular complexity index is 919. The third-order valence-electron chi connectivity index (χ3n) is 4.18. The lowest BCUT2D eigenvalue weighted by Crippen LogP contribution is -2.30. The molecule has 3 aromatic rings. The van der Waals surface area contributed by atoms with Crippen LogP contribution >= 0.6 is 0 Å². The summed E-state index contributed by atoms with van der Waals surface area (Å²) in [6.07, 6.45) is 4.88. The maximum Gasteiger partial charge on any atom is 0.243 e. The van der Waals surface area contributed by atoms with Crippen LogP contribution in [0.25, 0.3) is 0 Å². The van der Waals surface area contributed by atoms with Crippen LogP contribution in [0.2, 0.25) is 0 Å². The van der Waals surface area contributed by atoms with E-state index in [2.05, 4.69) is 18.8 Å². The number of aromatic nitrogens is 1. The topological polar surface area (TPSA) is 63.4 Å². The number of pyridine rings is 1. The van der Waals surface area contributed by atoms with E-state index in [-0.39, 0.29) is 18.0 Å². The van der Waals surface area contributed by atoms with E-state index in [0.29, 0.717) is 11.7 Å². The van der Waals surface area contributed by atoms with Gasteiger partial charge in [0.15, 0.2) is 0 Å². The third kappa shape index (κ3) is 4.20. The molecule has 0 spiro atoms. The van der Waals surface area contributed by atoms with Crippen molar-refractivity contribution in [3.05, 3.63) is 84.1 Å². The molecule has 0 aliphatic rings. The molecular formula is C20H22N2O3S. The molecule has 0 saturated carbocycles. The van der Waals surface area contributed by atoms with Crippen molar-refractivity contribution >= 4 is 10.0 Å². The maximum atomic E-state index is 13.2. The molecule has 26 heavy (non-hydrogen) atoms. The van der Waals surface area contributed by atoms with Crippen molar-refractivity contribution in [1.29, 1.82) is 0 Å². The Balaban J connectivity index is 1.93. The number of hydrogen-bond acceptors (Lipinski definition) is 4. The highest BCUT2D eigenvalue weighted by Gasteiger charge is 2.26. The standard InChI is InChI=1S/C20H22N2O3S/c1-16(2)18-7-9-20(10-8-18)26(23,24)22(15-19-6-4-12-25-19)14-17-5-3-11-21-13-17/h3-13,16H,14-15H2,1-2H3. The van der Waals surface area contributed by atoms with Gasteiger partial charge in [-0.05, 0) is 47.4 Å². The predicted octanol–water partition coefficient (Wildman–Crippen LogP) is 4.19. The Morgan fingerprint density at radius 3 is 2.38 bits per heavy atom. The van der Waals surface area contributed by atoms with Crippen molar-refractivity contribution in [2.75, 3.05) is 0 Å². The summed E-state index contributed by atoms with van der Waals surface area (Å²) in [7, 11) is -3.67. The van der Waals surface area contributed by atoms with Crippen LogP contribution < -0.4 is 0 Å². The fourth-order valence-corrected chi connectivity index (χ4v) is 4.07. The van der Waals surface area contributed by atoms with Crippen LogP contribution in [0.5, 0.6) is 0 Å². The van der Waals surface area contributed by atoms with Gasteiger partial charge in [0, 0.05) is 18.9 Å². The lowest BCUT2D eigenvalue weighted by Gasteiger charge is -2.21. The van der Waals surface area contributed by atoms with Crippen LogP contribution in [-0.4, -0.2) is 17.7 Å². The molecule has 136 valence electrons. The molecule has 0 N–H and O–H groups in total. The van der Waals surface area contributed by atoms with E-state index in [1.54, 1.807) is 49.0 Å². The molecule has 0 saturated heterocycles. The van der Waals surface area contributed by atoms with Gasteiger partial charge in [-0.25, -0.2) is 8.42 Å². The number of furan rings is 1. The second kappa shape index (κ2) is 7.85. The number of benzene rings is 1. The van der Waals surface area contributed by atoms with Crippen LogP contribution in [0.15, 0.2) is 76.5 Å². The molecule has 0 amide bonds. The predicted molar refractivity (Wildman–Crippen MR) is 99.9 cm³/mol. The zero-order valence-corrected chi connectivity index (χ0v) is 15.7. The van der Waals surface area contributed by atoms with Crippen LogP contribution in [0.1, 0.15) is 36.7 Å². The molecular weight excluding hydrogens is 348 g/mol. The fourth-order valence-electron chi connectivity index (χ4n) is 2.67. The van der Waals surface area contributed by atoms with Crippen LogP contribution in [-0.2, 0) is 23.1 Å². The van der Waals surface area contributed by atoms with E-state index in [9.17, 15) is 8.42 Å². The molecule has 2 aromatic heterocycles. The Kier molecular flexibility index (Phi) is 5.54. The van der Waals surface area contributed by atoms with Crippen molar-refractivity contribution in [3.8, 4) is 0 Å². The number of rotatable bonds is 7. The number of nitrogens with zero attached hydrogens (tertiary/aromatic N) is 2. The molecule has 0 aliphatic carbocycles. The summed E-state index contributed by atoms with van der Waals surface area (Å²) in [5, 5.41) is 0. The number of sulfonamides is 1. The first-order chi connectivity index (χ1) is 12.5. The van der Waals surface area contributed by atoms with Crippen LogP contribution in [0.3, 0.4) is 0 Å². The minimum absolute atomic E-state index is 0.163. The summed E-state index contributed by atoms with van der Waals surface area (Å²) in [6, 6.07) is 14.3. The molecule has 6 heteroatoms. The summed E-state index contributed by atoms with van der Waals surface area (Å²) in [5.41, 5.74) is 1.93. The van der Waals surface area contributed by atoms with Gasteiger partial charge in [-0.15, -0.1) is 0 Å². The first kappa shape index (κ1) is 18.4. The smallest absolute Gasteiger partial charge is 0.243 e. The van der Waals surface area contributed by atoms with Gasteiger partial charge in [-0.2, -0.15) is 4.31 Å². The molecule has 0 fully saturated rings. The van der Waals surface area contributed by atoms with E-state index in [1.165, 1.54) is 4.31 Å². The molecule has 2 heterocycles. The van der Waals surface area contributed by atoms with Gasteiger partial charge in [0.25, 0.3) is 0 Å². The van der Waals surface area contributed by atoms with Gasteiger partial charge in [0.2, 0.25) is 10.0 Å². The quantitative estimate of drug-likeness (QED) is 0.626. The monoisotopic (exact) mass is 370 g/mol. The van der Waals surface area contributed by atoms with Crippen molar-refractivity contribution in [3.63, 3.8) is 0 Å². The molecule has 0 atom stereocenters. The summed E-state index contributed by atoms with van der Waals surface area (Å²) >= 11 is 0. The summed E-state index contributed by atoms with van der Waals surface area (Å²) in [5.74, 6) is 0.942. The highest BCUT2D eigenvalue weighted by atomic mass is 32.2. The van der Waals surface area contributed by atoms with Gasteiger partial charge >= 0.3 is 0 Å². The Morgan fingerprint density at radius 1 is 1.04 bits per heavy atom. The van der Waals surface area contributed by atoms with Gasteiger partial charge in [-0.3, -0.25) is 4.98 Å². The molecule has 0 radical (unpaired) electrons. The van der Waals surface area contributed by atoms with Gasteiger partial charge in [0.1, 0.15) is 5.76 Å². The van der Waals surface area contributed by atoms with Gasteiger partial charge < -0.3 is 4.42 Å². The summed E-state index contributed by atoms with van der Waals surface area (Å²) in [4.78, 5) is 4.35. The largest absolute Gasteiger partial charge is 0.468 e. The summed E-state index contributed by atoms with van der Waals surface area (Å²) in [6.45, 7) is 4.54. The molecule has 5 nitrogen and oxygen atoms in total. The number of hydrogen-bond donors (Lipinski definition) is 0. The van der Waals surface area contributed by atoms with E-state index < -0.39 is 10.0 Å². The molecule has 0 aliphatic heterocycles. The average Bonchev–Trinajstić information content (AvgIpc) is 3.15. The van der Waals surface area contributed by atoms with Crippen LogP contribution in [0.4, 0.5) is 0 Å². The van der Waals surface area contributed by atoms with Crippen molar-refractivity contribution in [1.82, 2.24) is 9.29 Å². The van der Waals surface area contributed by atoms with Crippen molar-refractivity contribution in [2.45, 2.75) is 37.8 Å².